The topological polar surface area (TPSA) is 39.2 Å². The molecule has 0 saturated carbocycles. The van der Waals surface area contributed by atoms with Crippen molar-refractivity contribution in [3.8, 4) is 10.6 Å². The first-order valence-corrected chi connectivity index (χ1v) is 7.92. The minimum absolute atomic E-state index is 0.267. The lowest BCUT2D eigenvalue weighted by Crippen LogP contribution is -2.04. The van der Waals surface area contributed by atoms with E-state index in [-0.39, 0.29) is 12.4 Å². The summed E-state index contributed by atoms with van der Waals surface area (Å²) in [5, 5.41) is 0.648. The average molecular weight is 343 g/mol. The molecule has 0 spiro atoms. The Bertz CT molecular complexity index is 678. The van der Waals surface area contributed by atoms with Crippen LogP contribution in [0.5, 0.6) is 0 Å². The number of alkyl halides is 3. The second-order valence-corrected chi connectivity index (χ2v) is 5.99. The first kappa shape index (κ1) is 17.5. The van der Waals surface area contributed by atoms with E-state index in [1.807, 2.05) is 6.92 Å². The van der Waals surface area contributed by atoms with Crippen molar-refractivity contribution >= 4 is 17.3 Å². The number of ether oxygens (including phenoxy) is 1. The first-order chi connectivity index (χ1) is 10.8. The Hall–Kier alpha value is -1.89. The Kier molecular flexibility index (Phi) is 5.41. The number of hydrogen-bond donors (Lipinski definition) is 0. The van der Waals surface area contributed by atoms with Crippen molar-refractivity contribution in [1.29, 1.82) is 0 Å². The molecular weight excluding hydrogens is 327 g/mol. The molecule has 0 saturated heterocycles. The highest BCUT2D eigenvalue weighted by Crippen LogP contribution is 2.33. The summed E-state index contributed by atoms with van der Waals surface area (Å²) in [6.07, 6.45) is -3.56. The van der Waals surface area contributed by atoms with Crippen LogP contribution in [0, 0.1) is 6.92 Å². The van der Waals surface area contributed by atoms with Gasteiger partial charge in [0.05, 0.1) is 24.3 Å². The van der Waals surface area contributed by atoms with Crippen LogP contribution in [0.25, 0.3) is 10.6 Å². The van der Waals surface area contributed by atoms with Gasteiger partial charge in [0.15, 0.2) is 0 Å². The third-order valence-corrected chi connectivity index (χ3v) is 4.48. The summed E-state index contributed by atoms with van der Waals surface area (Å²) in [5.74, 6) is -0.267. The van der Waals surface area contributed by atoms with Crippen LogP contribution in [0.4, 0.5) is 13.2 Å². The second-order valence-electron chi connectivity index (χ2n) is 4.91. The van der Waals surface area contributed by atoms with Gasteiger partial charge in [0.25, 0.3) is 0 Å². The molecule has 23 heavy (non-hydrogen) atoms. The van der Waals surface area contributed by atoms with Gasteiger partial charge in [-0.3, -0.25) is 4.79 Å². The molecule has 0 unspecified atom stereocenters. The van der Waals surface area contributed by atoms with E-state index in [4.69, 9.17) is 4.74 Å². The highest BCUT2D eigenvalue weighted by molar-refractivity contribution is 7.15. The van der Waals surface area contributed by atoms with Crippen LogP contribution in [0.3, 0.4) is 0 Å². The van der Waals surface area contributed by atoms with Crippen molar-refractivity contribution in [3.63, 3.8) is 0 Å². The summed E-state index contributed by atoms with van der Waals surface area (Å²) >= 11 is 1.39. The van der Waals surface area contributed by atoms with Crippen LogP contribution in [0.1, 0.15) is 29.5 Å². The SMILES string of the molecule is CCOC(=O)CCc1sc(-c2ccc(C(F)(F)F)cc2)nc1C. The summed E-state index contributed by atoms with van der Waals surface area (Å²) in [6.45, 7) is 3.92. The molecule has 0 radical (unpaired) electrons. The molecule has 0 amide bonds. The molecule has 0 fully saturated rings. The molecule has 7 heteroatoms. The van der Waals surface area contributed by atoms with Gasteiger partial charge in [0.1, 0.15) is 5.01 Å². The van der Waals surface area contributed by atoms with E-state index in [2.05, 4.69) is 4.98 Å². The monoisotopic (exact) mass is 343 g/mol. The summed E-state index contributed by atoms with van der Waals surface area (Å²) in [6, 6.07) is 4.92. The number of carbonyl (C=O) groups excluding carboxylic acids is 1. The Morgan fingerprint density at radius 2 is 1.91 bits per heavy atom. The number of thiazole rings is 1. The smallest absolute Gasteiger partial charge is 0.416 e. The predicted molar refractivity (Wildman–Crippen MR) is 82.2 cm³/mol. The molecule has 0 aliphatic heterocycles. The van der Waals surface area contributed by atoms with Crippen LogP contribution in [-0.4, -0.2) is 17.6 Å². The number of nitrogens with zero attached hydrogens (tertiary/aromatic N) is 1. The molecule has 0 atom stereocenters. The average Bonchev–Trinajstić information content (AvgIpc) is 2.86. The highest BCUT2D eigenvalue weighted by atomic mass is 32.1. The largest absolute Gasteiger partial charge is 0.466 e. The normalized spacial score (nSPS) is 11.5. The molecule has 1 heterocycles. The Morgan fingerprint density at radius 1 is 1.26 bits per heavy atom. The van der Waals surface area contributed by atoms with Crippen LogP contribution in [0.2, 0.25) is 0 Å². The summed E-state index contributed by atoms with van der Waals surface area (Å²) < 4.78 is 42.6. The summed E-state index contributed by atoms with van der Waals surface area (Å²) in [4.78, 5) is 16.7. The van der Waals surface area contributed by atoms with E-state index in [9.17, 15) is 18.0 Å². The van der Waals surface area contributed by atoms with E-state index in [0.717, 1.165) is 22.7 Å². The van der Waals surface area contributed by atoms with Gasteiger partial charge in [-0.15, -0.1) is 11.3 Å². The highest BCUT2D eigenvalue weighted by Gasteiger charge is 2.30. The number of aryl methyl sites for hydroxylation is 2. The van der Waals surface area contributed by atoms with E-state index in [1.165, 1.54) is 23.5 Å². The molecule has 1 aromatic heterocycles. The van der Waals surface area contributed by atoms with Gasteiger partial charge in [-0.2, -0.15) is 13.2 Å². The van der Waals surface area contributed by atoms with Gasteiger partial charge in [0, 0.05) is 10.4 Å². The number of esters is 1. The predicted octanol–water partition coefficient (Wildman–Crippen LogP) is 4.63. The molecule has 0 aliphatic rings. The first-order valence-electron chi connectivity index (χ1n) is 7.10. The molecule has 0 bridgehead atoms. The molecule has 2 rings (SSSR count). The van der Waals surface area contributed by atoms with Crippen molar-refractivity contribution in [2.45, 2.75) is 32.9 Å². The Labute approximate surface area is 136 Å². The number of aromatic nitrogens is 1. The molecular formula is C16H16F3NO2S. The minimum atomic E-state index is -4.35. The van der Waals surface area contributed by atoms with E-state index >= 15 is 0 Å². The molecule has 0 aliphatic carbocycles. The maximum atomic E-state index is 12.6. The standard InChI is InChI=1S/C16H16F3NO2S/c1-3-22-14(21)9-8-13-10(2)20-15(23-13)11-4-6-12(7-5-11)16(17,18)19/h4-7H,3,8-9H2,1-2H3. The van der Waals surface area contributed by atoms with Gasteiger partial charge in [0.2, 0.25) is 0 Å². The molecule has 1 aromatic carbocycles. The van der Waals surface area contributed by atoms with Crippen LogP contribution in [-0.2, 0) is 22.1 Å². The lowest BCUT2D eigenvalue weighted by molar-refractivity contribution is -0.143. The quantitative estimate of drug-likeness (QED) is 0.743. The van der Waals surface area contributed by atoms with Gasteiger partial charge in [-0.05, 0) is 32.4 Å². The third kappa shape index (κ3) is 4.54. The van der Waals surface area contributed by atoms with Gasteiger partial charge < -0.3 is 4.74 Å². The van der Waals surface area contributed by atoms with Crippen molar-refractivity contribution in [3.05, 3.63) is 40.4 Å². The van der Waals surface area contributed by atoms with Crippen LogP contribution >= 0.6 is 11.3 Å². The molecule has 3 nitrogen and oxygen atoms in total. The Balaban J connectivity index is 2.12. The van der Waals surface area contributed by atoms with Crippen molar-refractivity contribution in [2.24, 2.45) is 0 Å². The molecule has 124 valence electrons. The second kappa shape index (κ2) is 7.12. The van der Waals surface area contributed by atoms with E-state index in [0.29, 0.717) is 23.6 Å². The number of rotatable bonds is 5. The number of hydrogen-bond acceptors (Lipinski definition) is 4. The maximum Gasteiger partial charge on any atom is 0.416 e. The number of benzene rings is 1. The van der Waals surface area contributed by atoms with Crippen molar-refractivity contribution in [1.82, 2.24) is 4.98 Å². The fourth-order valence-electron chi connectivity index (χ4n) is 2.03. The lowest BCUT2D eigenvalue weighted by Gasteiger charge is -2.06. The lowest BCUT2D eigenvalue weighted by atomic mass is 10.1. The van der Waals surface area contributed by atoms with Crippen molar-refractivity contribution < 1.29 is 22.7 Å². The summed E-state index contributed by atoms with van der Waals surface area (Å²) in [5.41, 5.74) is 0.736. The number of halogens is 3. The zero-order valence-corrected chi connectivity index (χ0v) is 13.6. The van der Waals surface area contributed by atoms with E-state index < -0.39 is 11.7 Å². The Morgan fingerprint density at radius 3 is 2.48 bits per heavy atom. The number of carbonyl (C=O) groups is 1. The van der Waals surface area contributed by atoms with Crippen LogP contribution in [0.15, 0.2) is 24.3 Å². The molecule has 0 N–H and O–H groups in total. The zero-order valence-electron chi connectivity index (χ0n) is 12.7. The van der Waals surface area contributed by atoms with Crippen molar-refractivity contribution in [2.75, 3.05) is 6.61 Å². The molecule has 2 aromatic rings. The van der Waals surface area contributed by atoms with Gasteiger partial charge in [-0.25, -0.2) is 4.98 Å². The minimum Gasteiger partial charge on any atom is -0.466 e. The van der Waals surface area contributed by atoms with E-state index in [1.54, 1.807) is 6.92 Å². The zero-order chi connectivity index (χ0) is 17.0. The fraction of sp³-hybridized carbons (Fsp3) is 0.375. The van der Waals surface area contributed by atoms with Crippen LogP contribution < -0.4 is 0 Å². The fourth-order valence-corrected chi connectivity index (χ4v) is 3.10. The maximum absolute atomic E-state index is 12.6. The third-order valence-electron chi connectivity index (χ3n) is 3.21. The van der Waals surface area contributed by atoms with Gasteiger partial charge in [-0.1, -0.05) is 12.1 Å². The summed E-state index contributed by atoms with van der Waals surface area (Å²) in [7, 11) is 0. The van der Waals surface area contributed by atoms with Gasteiger partial charge >= 0.3 is 12.1 Å².